The van der Waals surface area contributed by atoms with Gasteiger partial charge in [-0.25, -0.2) is 4.79 Å². The molecule has 1 fully saturated rings. The summed E-state index contributed by atoms with van der Waals surface area (Å²) in [6.07, 6.45) is 0. The molecule has 1 aromatic heterocycles. The van der Waals surface area contributed by atoms with Crippen LogP contribution < -0.4 is 19.6 Å². The largest absolute Gasteiger partial charge is 0.486 e. The second-order valence-corrected chi connectivity index (χ2v) is 11.2. The number of benzene rings is 2. The van der Waals surface area contributed by atoms with Gasteiger partial charge in [-0.1, -0.05) is 6.07 Å². The van der Waals surface area contributed by atoms with Crippen molar-refractivity contribution in [3.63, 3.8) is 0 Å². The summed E-state index contributed by atoms with van der Waals surface area (Å²) < 4.78 is 28.8. The van der Waals surface area contributed by atoms with Gasteiger partial charge in [-0.15, -0.1) is 0 Å². The van der Waals surface area contributed by atoms with Gasteiger partial charge in [-0.05, 0) is 57.5 Å². The molecule has 3 heterocycles. The molecule has 5 atom stereocenters. The van der Waals surface area contributed by atoms with E-state index < -0.39 is 52.0 Å². The van der Waals surface area contributed by atoms with Crippen LogP contribution in [0.3, 0.4) is 0 Å². The molecule has 2 aromatic carbocycles. The number of aliphatic hydroxyl groups is 4. The summed E-state index contributed by atoms with van der Waals surface area (Å²) in [6, 6.07) is 8.63. The van der Waals surface area contributed by atoms with Gasteiger partial charge in [0, 0.05) is 13.0 Å². The average molecular weight is 573 g/mol. The molecule has 5 N–H and O–H groups in total. The molecule has 41 heavy (non-hydrogen) atoms. The number of carboxylic acid groups (broad SMARTS) is 1. The summed E-state index contributed by atoms with van der Waals surface area (Å²) in [5.41, 5.74) is -9.10. The Balaban J connectivity index is 1.60. The SMILES string of the molecule is C[C@]1(Oc2ccc3c(=O)c(-c4ccc5c(c4)OCCO5)c(C(=O)O)oc3c2)O[C@@](C)(CO)[C@@](C)(O)[C@@](C)(O)[C@@]1(C)O. The molecule has 12 heteroatoms. The zero-order valence-electron chi connectivity index (χ0n) is 23.2. The van der Waals surface area contributed by atoms with E-state index in [0.717, 1.165) is 0 Å². The lowest BCUT2D eigenvalue weighted by Crippen LogP contribution is -2.85. The zero-order valence-corrected chi connectivity index (χ0v) is 23.2. The van der Waals surface area contributed by atoms with Crippen LogP contribution in [-0.2, 0) is 4.74 Å². The molecule has 2 aliphatic heterocycles. The Morgan fingerprint density at radius 3 is 2.20 bits per heavy atom. The van der Waals surface area contributed by atoms with Gasteiger partial charge in [-0.3, -0.25) is 4.79 Å². The summed E-state index contributed by atoms with van der Waals surface area (Å²) in [4.78, 5) is 25.8. The smallest absolute Gasteiger partial charge is 0.372 e. The first-order valence-electron chi connectivity index (χ1n) is 12.9. The van der Waals surface area contributed by atoms with Crippen LogP contribution in [0, 0.1) is 0 Å². The Hall–Kier alpha value is -3.68. The molecule has 3 aromatic rings. The molecule has 0 unspecified atom stereocenters. The van der Waals surface area contributed by atoms with E-state index >= 15 is 0 Å². The van der Waals surface area contributed by atoms with Crippen LogP contribution in [0.15, 0.2) is 45.6 Å². The van der Waals surface area contributed by atoms with E-state index in [1.807, 2.05) is 0 Å². The second kappa shape index (κ2) is 9.16. The van der Waals surface area contributed by atoms with Crippen molar-refractivity contribution in [2.75, 3.05) is 19.8 Å². The number of aromatic carboxylic acids is 1. The van der Waals surface area contributed by atoms with E-state index in [-0.39, 0.29) is 27.8 Å². The molecule has 0 radical (unpaired) electrons. The Kier molecular flexibility index (Phi) is 6.44. The summed E-state index contributed by atoms with van der Waals surface area (Å²) in [5, 5.41) is 53.9. The average Bonchev–Trinajstić information content (AvgIpc) is 2.91. The number of hydrogen-bond acceptors (Lipinski definition) is 11. The fraction of sp³-hybridized carbons (Fsp3) is 0.448. The summed E-state index contributed by atoms with van der Waals surface area (Å²) in [5.74, 6) is -3.35. The van der Waals surface area contributed by atoms with Crippen LogP contribution in [0.25, 0.3) is 22.1 Å². The van der Waals surface area contributed by atoms with Gasteiger partial charge in [-0.2, -0.15) is 0 Å². The molecule has 5 rings (SSSR count). The van der Waals surface area contributed by atoms with Gasteiger partial charge in [0.1, 0.15) is 41.3 Å². The van der Waals surface area contributed by atoms with Crippen LogP contribution >= 0.6 is 0 Å². The van der Waals surface area contributed by atoms with Crippen LogP contribution in [0.1, 0.15) is 45.2 Å². The van der Waals surface area contributed by atoms with Crippen LogP contribution in [0.5, 0.6) is 17.2 Å². The predicted molar refractivity (Wildman–Crippen MR) is 143 cm³/mol. The lowest BCUT2D eigenvalue weighted by molar-refractivity contribution is -0.441. The molecule has 2 aliphatic rings. The van der Waals surface area contributed by atoms with Crippen LogP contribution in [-0.4, -0.2) is 79.5 Å². The van der Waals surface area contributed by atoms with Gasteiger partial charge < -0.3 is 48.9 Å². The lowest BCUT2D eigenvalue weighted by Gasteiger charge is -2.64. The lowest BCUT2D eigenvalue weighted by atomic mass is 9.61. The highest BCUT2D eigenvalue weighted by Gasteiger charge is 2.75. The summed E-state index contributed by atoms with van der Waals surface area (Å²) in [7, 11) is 0. The van der Waals surface area contributed by atoms with Gasteiger partial charge in [0.05, 0.1) is 17.6 Å². The number of hydrogen-bond donors (Lipinski definition) is 5. The molecule has 0 aliphatic carbocycles. The molecule has 12 nitrogen and oxygen atoms in total. The minimum atomic E-state index is -2.26. The fourth-order valence-electron chi connectivity index (χ4n) is 5.44. The quantitative estimate of drug-likeness (QED) is 0.300. The van der Waals surface area contributed by atoms with E-state index in [0.29, 0.717) is 24.7 Å². The number of carbonyl (C=O) groups is 1. The predicted octanol–water partition coefficient (Wildman–Crippen LogP) is 2.06. The van der Waals surface area contributed by atoms with Crippen molar-refractivity contribution in [3.8, 4) is 28.4 Å². The van der Waals surface area contributed by atoms with E-state index in [1.54, 1.807) is 6.07 Å². The first kappa shape index (κ1) is 28.8. The molecular formula is C29H32O12. The minimum absolute atomic E-state index is 0.0236. The minimum Gasteiger partial charge on any atom is -0.486 e. The molecule has 0 bridgehead atoms. The van der Waals surface area contributed by atoms with Gasteiger partial charge >= 0.3 is 5.97 Å². The van der Waals surface area contributed by atoms with Gasteiger partial charge in [0.25, 0.3) is 0 Å². The molecule has 0 saturated carbocycles. The highest BCUT2D eigenvalue weighted by atomic mass is 16.7. The zero-order chi connectivity index (χ0) is 30.2. The second-order valence-electron chi connectivity index (χ2n) is 11.2. The van der Waals surface area contributed by atoms with Crippen molar-refractivity contribution in [1.29, 1.82) is 0 Å². The van der Waals surface area contributed by atoms with Gasteiger partial charge in [0.2, 0.25) is 17.0 Å². The monoisotopic (exact) mass is 572 g/mol. The van der Waals surface area contributed by atoms with Crippen molar-refractivity contribution in [3.05, 3.63) is 52.4 Å². The van der Waals surface area contributed by atoms with Crippen molar-refractivity contribution < 1.29 is 53.7 Å². The standard InChI is InChI=1S/C29H32O12/c1-25(14-30)26(2,34)27(3,35)28(4,36)29(5,41-25)40-16-7-8-17-19(13-16)39-23(24(32)33)21(22(17)31)15-6-9-18-20(12-15)38-11-10-37-18/h6-9,12-13,30,34-36H,10-11,14H2,1-5H3,(H,32,33)/t25-,26+,27+,28+,29-/m0/s1. The topological polar surface area (TPSA) is 185 Å². The van der Waals surface area contributed by atoms with Gasteiger partial charge in [0.15, 0.2) is 17.1 Å². The Morgan fingerprint density at radius 2 is 1.56 bits per heavy atom. The number of aliphatic hydroxyl groups excluding tert-OH is 1. The Morgan fingerprint density at radius 1 is 0.902 bits per heavy atom. The third-order valence-electron chi connectivity index (χ3n) is 8.73. The fourth-order valence-corrected chi connectivity index (χ4v) is 5.44. The number of carboxylic acids is 1. The third kappa shape index (κ3) is 4.01. The Bertz CT molecular complexity index is 1600. The number of rotatable bonds is 5. The van der Waals surface area contributed by atoms with Crippen LogP contribution in [0.2, 0.25) is 0 Å². The third-order valence-corrected chi connectivity index (χ3v) is 8.73. The molecule has 220 valence electrons. The normalized spacial score (nSPS) is 33.0. The van der Waals surface area contributed by atoms with Crippen molar-refractivity contribution in [2.24, 2.45) is 0 Å². The van der Waals surface area contributed by atoms with E-state index in [1.165, 1.54) is 65.0 Å². The van der Waals surface area contributed by atoms with Crippen molar-refractivity contribution in [2.45, 2.75) is 62.8 Å². The van der Waals surface area contributed by atoms with E-state index in [9.17, 15) is 35.1 Å². The first-order chi connectivity index (χ1) is 19.0. The maximum atomic E-state index is 13.6. The maximum absolute atomic E-state index is 13.6. The van der Waals surface area contributed by atoms with E-state index in [4.69, 9.17) is 23.4 Å². The molecule has 0 amide bonds. The molecule has 1 saturated heterocycles. The molecule has 0 spiro atoms. The maximum Gasteiger partial charge on any atom is 0.372 e. The highest BCUT2D eigenvalue weighted by Crippen LogP contribution is 2.53. The first-order valence-corrected chi connectivity index (χ1v) is 12.9. The highest BCUT2D eigenvalue weighted by molar-refractivity contribution is 5.97. The number of ether oxygens (including phenoxy) is 4. The van der Waals surface area contributed by atoms with E-state index in [2.05, 4.69) is 0 Å². The van der Waals surface area contributed by atoms with Crippen molar-refractivity contribution in [1.82, 2.24) is 0 Å². The van der Waals surface area contributed by atoms with Crippen molar-refractivity contribution >= 4 is 16.9 Å². The van der Waals surface area contributed by atoms with Crippen LogP contribution in [0.4, 0.5) is 0 Å². The Labute approximate surface area is 234 Å². The number of fused-ring (bicyclic) bond motifs is 2. The summed E-state index contributed by atoms with van der Waals surface area (Å²) in [6.45, 7) is 6.25. The molecular weight excluding hydrogens is 540 g/mol. The summed E-state index contributed by atoms with van der Waals surface area (Å²) >= 11 is 0.